The molecule has 0 saturated carbocycles. The molecule has 2 aromatic carbocycles. The van der Waals surface area contributed by atoms with Crippen molar-refractivity contribution in [2.24, 2.45) is 0 Å². The van der Waals surface area contributed by atoms with Crippen molar-refractivity contribution in [1.29, 1.82) is 0 Å². The zero-order valence-electron chi connectivity index (χ0n) is 14.1. The predicted molar refractivity (Wildman–Crippen MR) is 96.2 cm³/mol. The summed E-state index contributed by atoms with van der Waals surface area (Å²) in [6, 6.07) is 11.9. The van der Waals surface area contributed by atoms with Gasteiger partial charge in [-0.2, -0.15) is 0 Å². The summed E-state index contributed by atoms with van der Waals surface area (Å²) in [5, 5.41) is 16.2. The largest absolute Gasteiger partial charge is 0.493 e. The molecule has 0 fully saturated rings. The Morgan fingerprint density at radius 2 is 1.76 bits per heavy atom. The minimum absolute atomic E-state index is 0.0714. The van der Waals surface area contributed by atoms with Gasteiger partial charge in [-0.05, 0) is 35.4 Å². The topological polar surface area (TPSA) is 79.8 Å². The lowest BCUT2D eigenvalue weighted by Crippen LogP contribution is -2.37. The number of nitrogens with one attached hydrogen (secondary N) is 2. The number of rotatable bonds is 7. The van der Waals surface area contributed by atoms with Crippen LogP contribution in [0.3, 0.4) is 0 Å². The second-order valence-corrected chi connectivity index (χ2v) is 5.76. The molecular formula is C18H21ClN2O4. The predicted octanol–water partition coefficient (Wildman–Crippen LogP) is 2.89. The third kappa shape index (κ3) is 5.55. The van der Waals surface area contributed by atoms with Gasteiger partial charge in [-0.25, -0.2) is 4.79 Å². The van der Waals surface area contributed by atoms with Crippen LogP contribution in [0.2, 0.25) is 5.02 Å². The molecule has 134 valence electrons. The lowest BCUT2D eigenvalue weighted by atomic mass is 10.1. The molecule has 0 aromatic heterocycles. The molecule has 0 aliphatic carbocycles. The average molecular weight is 365 g/mol. The van der Waals surface area contributed by atoms with E-state index in [1.165, 1.54) is 7.11 Å². The Labute approximate surface area is 151 Å². The lowest BCUT2D eigenvalue weighted by Gasteiger charge is -2.15. The van der Waals surface area contributed by atoms with Gasteiger partial charge in [-0.3, -0.25) is 0 Å². The third-order valence-electron chi connectivity index (χ3n) is 3.61. The summed E-state index contributed by atoms with van der Waals surface area (Å²) in [7, 11) is 3.07. The molecule has 25 heavy (non-hydrogen) atoms. The van der Waals surface area contributed by atoms with Gasteiger partial charge in [0.25, 0.3) is 0 Å². The molecule has 3 N–H and O–H groups in total. The normalized spacial score (nSPS) is 11.5. The molecule has 2 rings (SSSR count). The number of hydrogen-bond acceptors (Lipinski definition) is 4. The fourth-order valence-corrected chi connectivity index (χ4v) is 2.34. The summed E-state index contributed by atoms with van der Waals surface area (Å²) in [4.78, 5) is 11.8. The molecule has 6 nitrogen and oxygen atoms in total. The molecule has 0 bridgehead atoms. The van der Waals surface area contributed by atoms with E-state index < -0.39 is 6.10 Å². The highest BCUT2D eigenvalue weighted by atomic mass is 35.5. The molecule has 0 aliphatic rings. The monoisotopic (exact) mass is 364 g/mol. The van der Waals surface area contributed by atoms with Crippen LogP contribution in [0.15, 0.2) is 42.5 Å². The number of aliphatic hydroxyl groups excluding tert-OH is 1. The van der Waals surface area contributed by atoms with Gasteiger partial charge >= 0.3 is 6.03 Å². The molecule has 0 radical (unpaired) electrons. The number of methoxy groups -OCH3 is 2. The van der Waals surface area contributed by atoms with Gasteiger partial charge in [-0.1, -0.05) is 29.8 Å². The first-order valence-electron chi connectivity index (χ1n) is 7.69. The van der Waals surface area contributed by atoms with E-state index in [2.05, 4.69) is 10.6 Å². The molecule has 1 unspecified atom stereocenters. The van der Waals surface area contributed by atoms with Crippen molar-refractivity contribution < 1.29 is 19.4 Å². The Balaban J connectivity index is 1.83. The Morgan fingerprint density at radius 3 is 2.40 bits per heavy atom. The second kappa shape index (κ2) is 9.15. The van der Waals surface area contributed by atoms with Crippen LogP contribution in [0.4, 0.5) is 4.79 Å². The van der Waals surface area contributed by atoms with Gasteiger partial charge in [0.1, 0.15) is 0 Å². The summed E-state index contributed by atoms with van der Waals surface area (Å²) in [6.07, 6.45) is -0.860. The number of carbonyl (C=O) groups excluding carboxylic acids is 1. The molecule has 2 amide bonds. The summed E-state index contributed by atoms with van der Waals surface area (Å²) in [5.41, 5.74) is 1.55. The van der Waals surface area contributed by atoms with Crippen LogP contribution in [-0.2, 0) is 6.54 Å². The molecule has 0 spiro atoms. The number of ether oxygens (including phenoxy) is 2. The zero-order valence-corrected chi connectivity index (χ0v) is 14.8. The van der Waals surface area contributed by atoms with Gasteiger partial charge < -0.3 is 25.2 Å². The first-order chi connectivity index (χ1) is 12.0. The Morgan fingerprint density at radius 1 is 1.08 bits per heavy atom. The number of carbonyl (C=O) groups is 1. The van der Waals surface area contributed by atoms with Crippen molar-refractivity contribution in [2.45, 2.75) is 12.6 Å². The van der Waals surface area contributed by atoms with E-state index in [1.54, 1.807) is 37.4 Å². The summed E-state index contributed by atoms with van der Waals surface area (Å²) >= 11 is 5.81. The quantitative estimate of drug-likeness (QED) is 0.705. The van der Waals surface area contributed by atoms with E-state index in [0.717, 1.165) is 5.56 Å². The molecule has 1 atom stereocenters. The van der Waals surface area contributed by atoms with E-state index in [0.29, 0.717) is 28.6 Å². The highest BCUT2D eigenvalue weighted by Gasteiger charge is 2.13. The molecule has 0 heterocycles. The van der Waals surface area contributed by atoms with Crippen molar-refractivity contribution >= 4 is 17.6 Å². The van der Waals surface area contributed by atoms with E-state index in [9.17, 15) is 9.90 Å². The van der Waals surface area contributed by atoms with Gasteiger partial charge in [0.2, 0.25) is 0 Å². The fraction of sp³-hybridized carbons (Fsp3) is 0.278. The molecule has 2 aromatic rings. The summed E-state index contributed by atoms with van der Waals surface area (Å²) in [5.74, 6) is 1.10. The molecule has 7 heteroatoms. The maximum Gasteiger partial charge on any atom is 0.315 e. The van der Waals surface area contributed by atoms with Gasteiger partial charge in [0.05, 0.1) is 20.3 Å². The molecule has 0 aliphatic heterocycles. The van der Waals surface area contributed by atoms with Crippen LogP contribution in [0, 0.1) is 0 Å². The van der Waals surface area contributed by atoms with Crippen molar-refractivity contribution in [2.75, 3.05) is 20.8 Å². The first kappa shape index (κ1) is 18.9. The Hall–Kier alpha value is -2.44. The van der Waals surface area contributed by atoms with Gasteiger partial charge in [0.15, 0.2) is 11.5 Å². The summed E-state index contributed by atoms with van der Waals surface area (Å²) < 4.78 is 10.4. The van der Waals surface area contributed by atoms with Crippen LogP contribution < -0.4 is 20.1 Å². The van der Waals surface area contributed by atoms with Crippen LogP contribution in [-0.4, -0.2) is 31.9 Å². The highest BCUT2D eigenvalue weighted by Crippen LogP contribution is 2.29. The zero-order chi connectivity index (χ0) is 18.2. The van der Waals surface area contributed by atoms with E-state index in [1.807, 2.05) is 12.1 Å². The minimum Gasteiger partial charge on any atom is -0.493 e. The third-order valence-corrected chi connectivity index (χ3v) is 3.87. The van der Waals surface area contributed by atoms with E-state index in [4.69, 9.17) is 21.1 Å². The van der Waals surface area contributed by atoms with Gasteiger partial charge in [-0.15, -0.1) is 0 Å². The number of halogens is 1. The lowest BCUT2D eigenvalue weighted by molar-refractivity contribution is 0.172. The van der Waals surface area contributed by atoms with Gasteiger partial charge in [0, 0.05) is 18.1 Å². The van der Waals surface area contributed by atoms with Crippen molar-refractivity contribution in [1.82, 2.24) is 10.6 Å². The number of aliphatic hydroxyl groups is 1. The number of urea groups is 1. The first-order valence-corrected chi connectivity index (χ1v) is 8.07. The Bertz CT molecular complexity index is 707. The van der Waals surface area contributed by atoms with E-state index >= 15 is 0 Å². The minimum atomic E-state index is -0.860. The maximum absolute atomic E-state index is 11.8. The van der Waals surface area contributed by atoms with Crippen molar-refractivity contribution in [3.63, 3.8) is 0 Å². The van der Waals surface area contributed by atoms with Crippen LogP contribution >= 0.6 is 11.6 Å². The number of benzene rings is 2. The smallest absolute Gasteiger partial charge is 0.315 e. The van der Waals surface area contributed by atoms with Crippen molar-refractivity contribution in [3.8, 4) is 11.5 Å². The highest BCUT2D eigenvalue weighted by molar-refractivity contribution is 6.30. The van der Waals surface area contributed by atoms with E-state index in [-0.39, 0.29) is 12.6 Å². The SMILES string of the molecule is COc1ccc(C(O)CNC(=O)NCc2ccc(Cl)cc2)cc1OC. The fourth-order valence-electron chi connectivity index (χ4n) is 2.21. The standard InChI is InChI=1S/C18H21ClN2O4/c1-24-16-8-5-13(9-17(16)25-2)15(22)11-21-18(23)20-10-12-3-6-14(19)7-4-12/h3-9,15,22H,10-11H2,1-2H3,(H2,20,21,23). The van der Waals surface area contributed by atoms with Crippen molar-refractivity contribution in [3.05, 3.63) is 58.6 Å². The molecular weight excluding hydrogens is 344 g/mol. The average Bonchev–Trinajstić information content (AvgIpc) is 2.64. The summed E-state index contributed by atoms with van der Waals surface area (Å²) in [6.45, 7) is 0.442. The number of amides is 2. The number of hydrogen-bond donors (Lipinski definition) is 3. The van der Waals surface area contributed by atoms with Crippen LogP contribution in [0.5, 0.6) is 11.5 Å². The Kier molecular flexibility index (Phi) is 6.91. The van der Waals surface area contributed by atoms with Crippen LogP contribution in [0.25, 0.3) is 0 Å². The van der Waals surface area contributed by atoms with Crippen LogP contribution in [0.1, 0.15) is 17.2 Å². The second-order valence-electron chi connectivity index (χ2n) is 5.32. The maximum atomic E-state index is 11.8. The molecule has 0 saturated heterocycles.